The molecule has 0 aromatic rings. The Morgan fingerprint density at radius 1 is 1.35 bits per heavy atom. The lowest BCUT2D eigenvalue weighted by atomic mass is 9.94. The Bertz CT molecular complexity index is 282. The second-order valence-electron chi connectivity index (χ2n) is 4.57. The molecule has 2 nitrogen and oxygen atoms in total. The molecule has 17 heavy (non-hydrogen) atoms. The van der Waals surface area contributed by atoms with Crippen LogP contribution in [0.15, 0.2) is 12.2 Å². The van der Waals surface area contributed by atoms with Gasteiger partial charge in [-0.25, -0.2) is 0 Å². The standard InChI is InChI=1S/C11H18F3NOS/c1-9(8-17)7-15-5-2-3-10(16,4-6-15)11(12,13)14/h16-17H,1-8H2. The van der Waals surface area contributed by atoms with Gasteiger partial charge >= 0.3 is 6.18 Å². The van der Waals surface area contributed by atoms with Gasteiger partial charge in [-0.1, -0.05) is 12.2 Å². The van der Waals surface area contributed by atoms with E-state index >= 15 is 0 Å². The molecule has 1 saturated heterocycles. The number of aliphatic hydroxyl groups is 1. The van der Waals surface area contributed by atoms with Gasteiger partial charge in [0.1, 0.15) is 0 Å². The molecule has 1 fully saturated rings. The molecule has 6 heteroatoms. The van der Waals surface area contributed by atoms with Crippen molar-refractivity contribution in [1.29, 1.82) is 0 Å². The molecule has 1 aliphatic rings. The topological polar surface area (TPSA) is 23.5 Å². The summed E-state index contributed by atoms with van der Waals surface area (Å²) in [6.07, 6.45) is -4.68. The molecule has 0 amide bonds. The number of halogens is 3. The zero-order chi connectivity index (χ0) is 13.1. The first-order valence-corrected chi connectivity index (χ1v) is 6.21. The van der Waals surface area contributed by atoms with Crippen molar-refractivity contribution in [2.75, 3.05) is 25.4 Å². The van der Waals surface area contributed by atoms with Crippen molar-refractivity contribution < 1.29 is 18.3 Å². The molecule has 0 aromatic heterocycles. The van der Waals surface area contributed by atoms with Gasteiger partial charge in [0.25, 0.3) is 0 Å². The summed E-state index contributed by atoms with van der Waals surface area (Å²) in [5.41, 5.74) is -1.64. The summed E-state index contributed by atoms with van der Waals surface area (Å²) in [5.74, 6) is 0.528. The second kappa shape index (κ2) is 5.63. The van der Waals surface area contributed by atoms with E-state index in [1.54, 1.807) is 0 Å². The lowest BCUT2D eigenvalue weighted by molar-refractivity contribution is -0.263. The minimum atomic E-state index is -4.54. The van der Waals surface area contributed by atoms with Crippen LogP contribution in [0.2, 0.25) is 0 Å². The SMILES string of the molecule is C=C(CS)CN1CCCC(O)(C(F)(F)F)CC1. The van der Waals surface area contributed by atoms with E-state index in [0.717, 1.165) is 5.57 Å². The average molecular weight is 269 g/mol. The summed E-state index contributed by atoms with van der Waals surface area (Å²) < 4.78 is 38.0. The van der Waals surface area contributed by atoms with Crippen LogP contribution in [-0.2, 0) is 0 Å². The summed E-state index contributed by atoms with van der Waals surface area (Å²) in [5, 5.41) is 9.61. The van der Waals surface area contributed by atoms with Crippen molar-refractivity contribution in [3.63, 3.8) is 0 Å². The Morgan fingerprint density at radius 2 is 2.00 bits per heavy atom. The van der Waals surface area contributed by atoms with Crippen molar-refractivity contribution in [2.45, 2.75) is 31.0 Å². The third-order valence-electron chi connectivity index (χ3n) is 3.10. The number of alkyl halides is 3. The summed E-state index contributed by atoms with van der Waals surface area (Å²) in [4.78, 5) is 1.89. The third kappa shape index (κ3) is 3.89. The molecule has 1 heterocycles. The Kier molecular flexibility index (Phi) is 4.92. The summed E-state index contributed by atoms with van der Waals surface area (Å²) >= 11 is 4.07. The molecule has 0 aromatic carbocycles. The Hall–Kier alpha value is -0.200. The van der Waals surface area contributed by atoms with E-state index in [-0.39, 0.29) is 19.4 Å². The number of hydrogen-bond acceptors (Lipinski definition) is 3. The molecule has 1 unspecified atom stereocenters. The molecule has 1 rings (SSSR count). The lowest BCUT2D eigenvalue weighted by Gasteiger charge is -2.29. The second-order valence-corrected chi connectivity index (χ2v) is 4.88. The maximum Gasteiger partial charge on any atom is 0.417 e. The average Bonchev–Trinajstić information content (AvgIpc) is 2.41. The molecular weight excluding hydrogens is 251 g/mol. The number of thiol groups is 1. The van der Waals surface area contributed by atoms with Crippen LogP contribution in [0, 0.1) is 0 Å². The van der Waals surface area contributed by atoms with Gasteiger partial charge in [-0.15, -0.1) is 0 Å². The van der Waals surface area contributed by atoms with Crippen LogP contribution in [0.1, 0.15) is 19.3 Å². The highest BCUT2D eigenvalue weighted by atomic mass is 32.1. The summed E-state index contributed by atoms with van der Waals surface area (Å²) in [6, 6.07) is 0. The number of nitrogens with zero attached hydrogens (tertiary/aromatic N) is 1. The molecule has 1 N–H and O–H groups in total. The quantitative estimate of drug-likeness (QED) is 0.606. The molecule has 0 radical (unpaired) electrons. The third-order valence-corrected chi connectivity index (χ3v) is 3.55. The van der Waals surface area contributed by atoms with Crippen LogP contribution >= 0.6 is 12.6 Å². The van der Waals surface area contributed by atoms with Gasteiger partial charge in [0, 0.05) is 18.8 Å². The lowest BCUT2D eigenvalue weighted by Crippen LogP contribution is -2.45. The molecule has 1 atom stereocenters. The molecule has 0 saturated carbocycles. The van der Waals surface area contributed by atoms with Crippen molar-refractivity contribution in [1.82, 2.24) is 4.90 Å². The Balaban J connectivity index is 2.58. The van der Waals surface area contributed by atoms with E-state index in [2.05, 4.69) is 19.2 Å². The first kappa shape index (κ1) is 14.9. The molecule has 0 spiro atoms. The minimum absolute atomic E-state index is 0.222. The van der Waals surface area contributed by atoms with E-state index in [1.807, 2.05) is 4.90 Å². The number of likely N-dealkylation sites (tertiary alicyclic amines) is 1. The molecular formula is C11H18F3NOS. The Morgan fingerprint density at radius 3 is 2.53 bits per heavy atom. The molecule has 100 valence electrons. The van der Waals surface area contributed by atoms with Crippen molar-refractivity contribution >= 4 is 12.6 Å². The zero-order valence-corrected chi connectivity index (χ0v) is 10.5. The van der Waals surface area contributed by atoms with Crippen molar-refractivity contribution in [3.8, 4) is 0 Å². The van der Waals surface area contributed by atoms with Crippen molar-refractivity contribution in [2.24, 2.45) is 0 Å². The van der Waals surface area contributed by atoms with Gasteiger partial charge in [-0.2, -0.15) is 25.8 Å². The monoisotopic (exact) mass is 269 g/mol. The maximum absolute atomic E-state index is 12.7. The molecule has 0 bridgehead atoms. The first-order chi connectivity index (χ1) is 7.78. The minimum Gasteiger partial charge on any atom is -0.380 e. The fourth-order valence-corrected chi connectivity index (χ4v) is 2.08. The van der Waals surface area contributed by atoms with Crippen LogP contribution in [0.3, 0.4) is 0 Å². The fraction of sp³-hybridized carbons (Fsp3) is 0.818. The van der Waals surface area contributed by atoms with Gasteiger partial charge in [0.2, 0.25) is 0 Å². The first-order valence-electron chi connectivity index (χ1n) is 5.57. The van der Waals surface area contributed by atoms with E-state index in [1.165, 1.54) is 0 Å². The van der Waals surface area contributed by atoms with Crippen LogP contribution < -0.4 is 0 Å². The van der Waals surface area contributed by atoms with Gasteiger partial charge in [0.05, 0.1) is 0 Å². The predicted octanol–water partition coefficient (Wildman–Crippen LogP) is 2.25. The largest absolute Gasteiger partial charge is 0.417 e. The van der Waals surface area contributed by atoms with E-state index < -0.39 is 11.8 Å². The van der Waals surface area contributed by atoms with Crippen LogP contribution in [0.25, 0.3) is 0 Å². The highest BCUT2D eigenvalue weighted by Gasteiger charge is 2.53. The van der Waals surface area contributed by atoms with Gasteiger partial charge in [-0.3, -0.25) is 4.90 Å². The van der Waals surface area contributed by atoms with Crippen LogP contribution in [0.5, 0.6) is 0 Å². The zero-order valence-electron chi connectivity index (χ0n) is 9.63. The summed E-state index contributed by atoms with van der Waals surface area (Å²) in [6.45, 7) is 5.13. The maximum atomic E-state index is 12.7. The van der Waals surface area contributed by atoms with Gasteiger partial charge < -0.3 is 5.11 Å². The van der Waals surface area contributed by atoms with E-state index in [9.17, 15) is 18.3 Å². The smallest absolute Gasteiger partial charge is 0.380 e. The fourth-order valence-electron chi connectivity index (χ4n) is 1.98. The van der Waals surface area contributed by atoms with Gasteiger partial charge in [0.15, 0.2) is 5.60 Å². The summed E-state index contributed by atoms with van der Waals surface area (Å²) in [7, 11) is 0. The molecule has 1 aliphatic heterocycles. The number of rotatable bonds is 3. The van der Waals surface area contributed by atoms with E-state index in [4.69, 9.17) is 0 Å². The Labute approximate surface area is 105 Å². The highest BCUT2D eigenvalue weighted by molar-refractivity contribution is 7.80. The molecule has 0 aliphatic carbocycles. The highest BCUT2D eigenvalue weighted by Crippen LogP contribution is 2.38. The normalized spacial score (nSPS) is 27.8. The van der Waals surface area contributed by atoms with Crippen LogP contribution in [0.4, 0.5) is 13.2 Å². The van der Waals surface area contributed by atoms with E-state index in [0.29, 0.717) is 25.3 Å². The van der Waals surface area contributed by atoms with Crippen LogP contribution in [-0.4, -0.2) is 47.2 Å². The van der Waals surface area contributed by atoms with Gasteiger partial charge in [-0.05, 0) is 25.8 Å². The predicted molar refractivity (Wildman–Crippen MR) is 64.3 cm³/mol. The van der Waals surface area contributed by atoms with Crippen molar-refractivity contribution in [3.05, 3.63) is 12.2 Å². The number of hydrogen-bond donors (Lipinski definition) is 2.